The molecule has 3 rings (SSSR count). The molecule has 1 N–H and O–H groups in total. The number of aliphatic hydroxyl groups is 1. The van der Waals surface area contributed by atoms with Crippen LogP contribution in [0.3, 0.4) is 0 Å². The highest BCUT2D eigenvalue weighted by atomic mass is 16.3. The van der Waals surface area contributed by atoms with Gasteiger partial charge in [0.1, 0.15) is 0 Å². The molecule has 0 bridgehead atoms. The molecule has 1 fully saturated rings. The molecule has 0 amide bonds. The molecule has 1 aliphatic rings. The Labute approximate surface area is 100 Å². The van der Waals surface area contributed by atoms with Crippen molar-refractivity contribution >= 4 is 10.9 Å². The second-order valence-electron chi connectivity index (χ2n) is 5.23. The maximum atomic E-state index is 9.71. The molecule has 1 saturated heterocycles. The van der Waals surface area contributed by atoms with E-state index in [0.29, 0.717) is 0 Å². The minimum Gasteiger partial charge on any atom is -0.388 e. The average molecular weight is 231 g/mol. The summed E-state index contributed by atoms with van der Waals surface area (Å²) in [6.07, 6.45) is 0. The Morgan fingerprint density at radius 2 is 2.06 bits per heavy atom. The van der Waals surface area contributed by atoms with Crippen LogP contribution in [0.5, 0.6) is 0 Å². The lowest BCUT2D eigenvalue weighted by molar-refractivity contribution is -0.0874. The topological polar surface area (TPSA) is 41.3 Å². The van der Waals surface area contributed by atoms with E-state index in [4.69, 9.17) is 0 Å². The Hall–Kier alpha value is -1.39. The van der Waals surface area contributed by atoms with Crippen LogP contribution in [-0.4, -0.2) is 38.5 Å². The van der Waals surface area contributed by atoms with Crippen molar-refractivity contribution in [3.63, 3.8) is 0 Å². The summed E-state index contributed by atoms with van der Waals surface area (Å²) < 4.78 is 1.92. The number of benzene rings is 1. The molecule has 1 aromatic heterocycles. The standard InChI is InChI=1S/C13H17N3O/c1-13(17)8-16(9-13)7-11-10-5-3-4-6-12(10)15(2)14-11/h3-6,17H,7-9H2,1-2H3. The molecule has 0 aliphatic carbocycles. The summed E-state index contributed by atoms with van der Waals surface area (Å²) in [7, 11) is 1.97. The van der Waals surface area contributed by atoms with Crippen molar-refractivity contribution in [2.24, 2.45) is 7.05 Å². The number of nitrogens with zero attached hydrogens (tertiary/aromatic N) is 3. The van der Waals surface area contributed by atoms with E-state index in [1.54, 1.807) is 0 Å². The fourth-order valence-corrected chi connectivity index (χ4v) is 2.65. The van der Waals surface area contributed by atoms with Crippen molar-refractivity contribution in [3.05, 3.63) is 30.0 Å². The van der Waals surface area contributed by atoms with Gasteiger partial charge < -0.3 is 5.11 Å². The SMILES string of the molecule is Cn1nc(CN2CC(C)(O)C2)c2ccccc21. The fourth-order valence-electron chi connectivity index (χ4n) is 2.65. The van der Waals surface area contributed by atoms with Gasteiger partial charge in [-0.3, -0.25) is 9.58 Å². The van der Waals surface area contributed by atoms with Crippen molar-refractivity contribution in [1.82, 2.24) is 14.7 Å². The molecule has 17 heavy (non-hydrogen) atoms. The van der Waals surface area contributed by atoms with Crippen LogP contribution in [0.15, 0.2) is 24.3 Å². The number of hydrogen-bond donors (Lipinski definition) is 1. The van der Waals surface area contributed by atoms with Crippen molar-refractivity contribution in [1.29, 1.82) is 0 Å². The van der Waals surface area contributed by atoms with Crippen LogP contribution in [0, 0.1) is 0 Å². The first-order valence-electron chi connectivity index (χ1n) is 5.90. The third-order valence-corrected chi connectivity index (χ3v) is 3.34. The lowest BCUT2D eigenvalue weighted by atomic mass is 9.97. The van der Waals surface area contributed by atoms with Gasteiger partial charge in [-0.05, 0) is 13.0 Å². The predicted octanol–water partition coefficient (Wildman–Crippen LogP) is 1.14. The zero-order valence-corrected chi connectivity index (χ0v) is 10.2. The van der Waals surface area contributed by atoms with E-state index in [2.05, 4.69) is 22.1 Å². The third-order valence-electron chi connectivity index (χ3n) is 3.34. The molecule has 90 valence electrons. The first kappa shape index (κ1) is 10.7. The predicted molar refractivity (Wildman–Crippen MR) is 66.6 cm³/mol. The van der Waals surface area contributed by atoms with Crippen molar-refractivity contribution in [3.8, 4) is 0 Å². The second-order valence-corrected chi connectivity index (χ2v) is 5.23. The molecule has 2 aromatic rings. The maximum Gasteiger partial charge on any atom is 0.0872 e. The summed E-state index contributed by atoms with van der Waals surface area (Å²) in [5.74, 6) is 0. The summed E-state index contributed by atoms with van der Waals surface area (Å²) in [5.41, 5.74) is 1.75. The van der Waals surface area contributed by atoms with E-state index in [0.717, 1.165) is 30.8 Å². The number of hydrogen-bond acceptors (Lipinski definition) is 3. The monoisotopic (exact) mass is 231 g/mol. The van der Waals surface area contributed by atoms with Gasteiger partial charge in [0.2, 0.25) is 0 Å². The van der Waals surface area contributed by atoms with E-state index in [1.165, 1.54) is 5.39 Å². The molecule has 4 heteroatoms. The van der Waals surface area contributed by atoms with Crippen molar-refractivity contribution < 1.29 is 5.11 Å². The second kappa shape index (κ2) is 3.55. The molecule has 0 atom stereocenters. The Balaban J connectivity index is 1.87. The highest BCUT2D eigenvalue weighted by Gasteiger charge is 2.36. The number of aryl methyl sites for hydroxylation is 1. The molecule has 2 heterocycles. The summed E-state index contributed by atoms with van der Waals surface area (Å²) in [6, 6.07) is 8.26. The minimum absolute atomic E-state index is 0.509. The highest BCUT2D eigenvalue weighted by Crippen LogP contribution is 2.25. The normalized spacial score (nSPS) is 19.5. The highest BCUT2D eigenvalue weighted by molar-refractivity contribution is 5.81. The van der Waals surface area contributed by atoms with Gasteiger partial charge in [-0.15, -0.1) is 0 Å². The Morgan fingerprint density at radius 3 is 2.76 bits per heavy atom. The number of likely N-dealkylation sites (tertiary alicyclic amines) is 1. The van der Waals surface area contributed by atoms with Crippen LogP contribution < -0.4 is 0 Å². The van der Waals surface area contributed by atoms with Crippen LogP contribution in [-0.2, 0) is 13.6 Å². The number of β-amino-alcohol motifs (C(OH)–C–C–N with tert-alkyl or cyclic N) is 1. The summed E-state index contributed by atoms with van der Waals surface area (Å²) >= 11 is 0. The number of aromatic nitrogens is 2. The molecular formula is C13H17N3O. The van der Waals surface area contributed by atoms with Crippen molar-refractivity contribution in [2.75, 3.05) is 13.1 Å². The van der Waals surface area contributed by atoms with Gasteiger partial charge >= 0.3 is 0 Å². The summed E-state index contributed by atoms with van der Waals surface area (Å²) in [6.45, 7) is 4.16. The van der Waals surface area contributed by atoms with E-state index in [9.17, 15) is 5.11 Å². The molecule has 1 aromatic carbocycles. The van der Waals surface area contributed by atoms with Gasteiger partial charge in [-0.25, -0.2) is 0 Å². The first-order valence-corrected chi connectivity index (χ1v) is 5.90. The van der Waals surface area contributed by atoms with Gasteiger partial charge in [0, 0.05) is 32.1 Å². The Kier molecular flexibility index (Phi) is 2.24. The molecule has 0 radical (unpaired) electrons. The van der Waals surface area contributed by atoms with Crippen LogP contribution in [0.1, 0.15) is 12.6 Å². The van der Waals surface area contributed by atoms with E-state index in [-0.39, 0.29) is 0 Å². The van der Waals surface area contributed by atoms with Gasteiger partial charge in [0.15, 0.2) is 0 Å². The lowest BCUT2D eigenvalue weighted by Crippen LogP contribution is -2.59. The largest absolute Gasteiger partial charge is 0.388 e. The Bertz CT molecular complexity index is 551. The maximum absolute atomic E-state index is 9.71. The molecule has 0 unspecified atom stereocenters. The van der Waals surface area contributed by atoms with E-state index < -0.39 is 5.60 Å². The lowest BCUT2D eigenvalue weighted by Gasteiger charge is -2.43. The zero-order valence-electron chi connectivity index (χ0n) is 10.2. The molecule has 0 saturated carbocycles. The fraction of sp³-hybridized carbons (Fsp3) is 0.462. The van der Waals surface area contributed by atoms with Gasteiger partial charge in [0.25, 0.3) is 0 Å². The van der Waals surface area contributed by atoms with Crippen LogP contribution in [0.2, 0.25) is 0 Å². The van der Waals surface area contributed by atoms with Gasteiger partial charge in [-0.2, -0.15) is 5.10 Å². The number of fused-ring (bicyclic) bond motifs is 1. The number of para-hydroxylation sites is 1. The molecular weight excluding hydrogens is 214 g/mol. The minimum atomic E-state index is -0.509. The number of rotatable bonds is 2. The smallest absolute Gasteiger partial charge is 0.0872 e. The third kappa shape index (κ3) is 1.83. The quantitative estimate of drug-likeness (QED) is 0.842. The van der Waals surface area contributed by atoms with Crippen LogP contribution in [0.4, 0.5) is 0 Å². The Morgan fingerprint density at radius 1 is 1.35 bits per heavy atom. The van der Waals surface area contributed by atoms with Gasteiger partial charge in [0.05, 0.1) is 16.8 Å². The van der Waals surface area contributed by atoms with E-state index in [1.807, 2.05) is 30.8 Å². The molecule has 1 aliphatic heterocycles. The van der Waals surface area contributed by atoms with Crippen molar-refractivity contribution in [2.45, 2.75) is 19.1 Å². The summed E-state index contributed by atoms with van der Waals surface area (Å²) in [5, 5.41) is 15.5. The molecule has 0 spiro atoms. The summed E-state index contributed by atoms with van der Waals surface area (Å²) in [4.78, 5) is 2.22. The van der Waals surface area contributed by atoms with Gasteiger partial charge in [-0.1, -0.05) is 18.2 Å². The van der Waals surface area contributed by atoms with E-state index >= 15 is 0 Å². The average Bonchev–Trinajstić information content (AvgIpc) is 2.54. The van der Waals surface area contributed by atoms with Crippen LogP contribution >= 0.6 is 0 Å². The van der Waals surface area contributed by atoms with Crippen LogP contribution in [0.25, 0.3) is 10.9 Å². The first-order chi connectivity index (χ1) is 8.05. The molecule has 4 nitrogen and oxygen atoms in total. The zero-order chi connectivity index (χ0) is 12.0.